The van der Waals surface area contributed by atoms with Gasteiger partial charge in [0.15, 0.2) is 0 Å². The van der Waals surface area contributed by atoms with Crippen LogP contribution in [0.25, 0.3) is 0 Å². The summed E-state index contributed by atoms with van der Waals surface area (Å²) < 4.78 is 9.89. The number of hydrogen-bond donors (Lipinski definition) is 1. The molecule has 0 saturated carbocycles. The zero-order valence-electron chi connectivity index (χ0n) is 15.7. The summed E-state index contributed by atoms with van der Waals surface area (Å²) in [6.07, 6.45) is -0.399. The van der Waals surface area contributed by atoms with Crippen LogP contribution in [0.15, 0.2) is 48.5 Å². The molecule has 0 spiro atoms. The van der Waals surface area contributed by atoms with E-state index in [0.717, 1.165) is 11.1 Å². The maximum atomic E-state index is 12.1. The second-order valence-electron chi connectivity index (χ2n) is 6.26. The molecule has 148 valence electrons. The van der Waals surface area contributed by atoms with E-state index in [4.69, 9.17) is 4.74 Å². The van der Waals surface area contributed by atoms with Gasteiger partial charge in [0.05, 0.1) is 18.5 Å². The number of nitrogens with zero attached hydrogens (tertiary/aromatic N) is 1. The fourth-order valence-electron chi connectivity index (χ4n) is 2.68. The van der Waals surface area contributed by atoms with Crippen molar-refractivity contribution in [2.45, 2.75) is 32.4 Å². The molecule has 1 unspecified atom stereocenters. The van der Waals surface area contributed by atoms with E-state index in [1.807, 2.05) is 30.3 Å². The Bertz CT molecular complexity index is 838. The highest BCUT2D eigenvalue weighted by Gasteiger charge is 2.20. The number of alkyl carbamates (subject to hydrolysis) is 1. The zero-order valence-corrected chi connectivity index (χ0v) is 15.7. The molecule has 1 atom stereocenters. The lowest BCUT2D eigenvalue weighted by Crippen LogP contribution is -2.38. The van der Waals surface area contributed by atoms with E-state index in [1.54, 1.807) is 13.0 Å². The number of rotatable bonds is 8. The number of ether oxygens (including phenoxy) is 2. The Labute approximate surface area is 162 Å². The molecule has 28 heavy (non-hydrogen) atoms. The summed E-state index contributed by atoms with van der Waals surface area (Å²) in [6, 6.07) is 13.1. The average molecular weight is 386 g/mol. The van der Waals surface area contributed by atoms with E-state index in [-0.39, 0.29) is 18.7 Å². The number of non-ortho nitro benzene ring substituents is 1. The van der Waals surface area contributed by atoms with Gasteiger partial charge in [-0.15, -0.1) is 0 Å². The van der Waals surface area contributed by atoms with E-state index in [2.05, 4.69) is 10.1 Å². The SMILES string of the molecule is COC(=O)CC(Cc1ccc([N+](=O)[O-])cc1C)NC(=O)OCc1ccccc1. The van der Waals surface area contributed by atoms with Gasteiger partial charge in [-0.3, -0.25) is 14.9 Å². The van der Waals surface area contributed by atoms with Crippen LogP contribution in [0.1, 0.15) is 23.1 Å². The molecule has 0 aromatic heterocycles. The Morgan fingerprint density at radius 1 is 1.18 bits per heavy atom. The van der Waals surface area contributed by atoms with E-state index < -0.39 is 23.0 Å². The molecule has 2 aromatic rings. The first-order chi connectivity index (χ1) is 13.4. The molecule has 8 heteroatoms. The molecule has 0 radical (unpaired) electrons. The summed E-state index contributed by atoms with van der Waals surface area (Å²) >= 11 is 0. The van der Waals surface area contributed by atoms with Crippen LogP contribution in [0.4, 0.5) is 10.5 Å². The second-order valence-corrected chi connectivity index (χ2v) is 6.26. The van der Waals surface area contributed by atoms with Gasteiger partial charge in [0.25, 0.3) is 5.69 Å². The van der Waals surface area contributed by atoms with Gasteiger partial charge in [-0.1, -0.05) is 36.4 Å². The van der Waals surface area contributed by atoms with Crippen molar-refractivity contribution in [1.29, 1.82) is 0 Å². The van der Waals surface area contributed by atoms with Crippen molar-refractivity contribution in [2.24, 2.45) is 0 Å². The molecular formula is C20H22N2O6. The lowest BCUT2D eigenvalue weighted by Gasteiger charge is -2.19. The minimum atomic E-state index is -0.655. The molecule has 0 heterocycles. The number of esters is 1. The van der Waals surface area contributed by atoms with Crippen LogP contribution in [-0.4, -0.2) is 30.1 Å². The topological polar surface area (TPSA) is 108 Å². The summed E-state index contributed by atoms with van der Waals surface area (Å²) in [5.41, 5.74) is 2.31. The molecule has 8 nitrogen and oxygen atoms in total. The van der Waals surface area contributed by atoms with Gasteiger partial charge >= 0.3 is 12.1 Å². The lowest BCUT2D eigenvalue weighted by atomic mass is 9.99. The number of carbonyl (C=O) groups is 2. The summed E-state index contributed by atoms with van der Waals surface area (Å²) in [5, 5.41) is 13.5. The smallest absolute Gasteiger partial charge is 0.407 e. The van der Waals surface area contributed by atoms with Crippen LogP contribution in [0.3, 0.4) is 0 Å². The Morgan fingerprint density at radius 3 is 2.50 bits per heavy atom. The Hall–Kier alpha value is -3.42. The number of amides is 1. The normalized spacial score (nSPS) is 11.4. The molecule has 0 aliphatic heterocycles. The van der Waals surface area contributed by atoms with Crippen LogP contribution < -0.4 is 5.32 Å². The van der Waals surface area contributed by atoms with Gasteiger partial charge in [0.1, 0.15) is 6.61 Å². The molecule has 2 aromatic carbocycles. The van der Waals surface area contributed by atoms with E-state index in [0.29, 0.717) is 12.0 Å². The van der Waals surface area contributed by atoms with Crippen LogP contribution in [0.2, 0.25) is 0 Å². The van der Waals surface area contributed by atoms with E-state index in [1.165, 1.54) is 19.2 Å². The van der Waals surface area contributed by atoms with Crippen LogP contribution in [-0.2, 0) is 27.3 Å². The maximum absolute atomic E-state index is 12.1. The highest BCUT2D eigenvalue weighted by molar-refractivity contribution is 5.72. The quantitative estimate of drug-likeness (QED) is 0.424. The number of carbonyl (C=O) groups excluding carboxylic acids is 2. The molecule has 1 N–H and O–H groups in total. The Morgan fingerprint density at radius 2 is 1.89 bits per heavy atom. The average Bonchev–Trinajstić information content (AvgIpc) is 2.68. The number of methoxy groups -OCH3 is 1. The van der Waals surface area contributed by atoms with Crippen molar-refractivity contribution in [2.75, 3.05) is 7.11 Å². The van der Waals surface area contributed by atoms with E-state index >= 15 is 0 Å². The lowest BCUT2D eigenvalue weighted by molar-refractivity contribution is -0.384. The number of hydrogen-bond acceptors (Lipinski definition) is 6. The van der Waals surface area contributed by atoms with Crippen LogP contribution in [0.5, 0.6) is 0 Å². The Balaban J connectivity index is 2.03. The highest BCUT2D eigenvalue weighted by atomic mass is 16.6. The molecule has 0 aliphatic rings. The van der Waals surface area contributed by atoms with Crippen molar-refractivity contribution in [1.82, 2.24) is 5.32 Å². The van der Waals surface area contributed by atoms with Crippen LogP contribution >= 0.6 is 0 Å². The minimum Gasteiger partial charge on any atom is -0.469 e. The van der Waals surface area contributed by atoms with Crippen molar-refractivity contribution in [3.05, 3.63) is 75.3 Å². The van der Waals surface area contributed by atoms with Crippen molar-refractivity contribution < 1.29 is 24.0 Å². The summed E-state index contributed by atoms with van der Waals surface area (Å²) in [4.78, 5) is 34.2. The third kappa shape index (κ3) is 6.39. The molecule has 2 rings (SSSR count). The van der Waals surface area contributed by atoms with Crippen molar-refractivity contribution in [3.8, 4) is 0 Å². The fraction of sp³-hybridized carbons (Fsp3) is 0.300. The van der Waals surface area contributed by atoms with Gasteiger partial charge in [0, 0.05) is 18.2 Å². The van der Waals surface area contributed by atoms with Crippen LogP contribution in [0, 0.1) is 17.0 Å². The van der Waals surface area contributed by atoms with Gasteiger partial charge in [-0.25, -0.2) is 4.79 Å². The molecule has 0 saturated heterocycles. The number of aryl methyl sites for hydroxylation is 1. The highest BCUT2D eigenvalue weighted by Crippen LogP contribution is 2.19. The number of benzene rings is 2. The molecule has 0 aliphatic carbocycles. The number of nitro groups is 1. The fourth-order valence-corrected chi connectivity index (χ4v) is 2.68. The maximum Gasteiger partial charge on any atom is 0.407 e. The largest absolute Gasteiger partial charge is 0.469 e. The van der Waals surface area contributed by atoms with Crippen molar-refractivity contribution in [3.63, 3.8) is 0 Å². The summed E-state index contributed by atoms with van der Waals surface area (Å²) in [6.45, 7) is 1.85. The molecule has 0 fully saturated rings. The minimum absolute atomic E-state index is 0.0130. The van der Waals surface area contributed by atoms with Gasteiger partial charge < -0.3 is 14.8 Å². The second kappa shape index (κ2) is 10.1. The first kappa shape index (κ1) is 20.9. The monoisotopic (exact) mass is 386 g/mol. The summed E-state index contributed by atoms with van der Waals surface area (Å²) in [7, 11) is 1.27. The van der Waals surface area contributed by atoms with E-state index in [9.17, 15) is 19.7 Å². The predicted octanol–water partition coefficient (Wildman–Crippen LogP) is 3.30. The molecule has 0 bridgehead atoms. The molecular weight excluding hydrogens is 364 g/mol. The summed E-state index contributed by atoms with van der Waals surface area (Å²) in [5.74, 6) is -0.479. The molecule has 1 amide bonds. The third-order valence-corrected chi connectivity index (χ3v) is 4.18. The first-order valence-electron chi connectivity index (χ1n) is 8.67. The zero-order chi connectivity index (χ0) is 20.5. The third-order valence-electron chi connectivity index (χ3n) is 4.18. The van der Waals surface area contributed by atoms with Gasteiger partial charge in [-0.2, -0.15) is 0 Å². The van der Waals surface area contributed by atoms with Crippen molar-refractivity contribution >= 4 is 17.7 Å². The Kier molecular flexibility index (Phi) is 7.50. The predicted molar refractivity (Wildman–Crippen MR) is 102 cm³/mol. The van der Waals surface area contributed by atoms with Gasteiger partial charge in [0.2, 0.25) is 0 Å². The standard InChI is InChI=1S/C20H22N2O6/c1-14-10-18(22(25)26)9-8-16(14)11-17(12-19(23)27-2)21-20(24)28-13-15-6-4-3-5-7-15/h3-10,17H,11-13H2,1-2H3,(H,21,24). The van der Waals surface area contributed by atoms with Gasteiger partial charge in [-0.05, 0) is 30.0 Å². The first-order valence-corrected chi connectivity index (χ1v) is 8.67. The number of nitro benzene ring substituents is 1. The number of nitrogens with one attached hydrogen (secondary N) is 1.